The van der Waals surface area contributed by atoms with Crippen LogP contribution in [0.3, 0.4) is 0 Å². The lowest BCUT2D eigenvalue weighted by Crippen LogP contribution is -2.67. The van der Waals surface area contributed by atoms with Gasteiger partial charge in [0, 0.05) is 0 Å². The fourth-order valence-electron chi connectivity index (χ4n) is 3.36. The summed E-state index contributed by atoms with van der Waals surface area (Å²) >= 11 is 0. The molecule has 0 aromatic carbocycles. The monoisotopic (exact) mass is 402 g/mol. The van der Waals surface area contributed by atoms with E-state index in [9.17, 15) is 13.2 Å². The van der Waals surface area contributed by atoms with Crippen molar-refractivity contribution in [2.45, 2.75) is 76.3 Å². The van der Waals surface area contributed by atoms with Crippen molar-refractivity contribution in [3.05, 3.63) is 0 Å². The van der Waals surface area contributed by atoms with Gasteiger partial charge < -0.3 is 12.3 Å². The summed E-state index contributed by atoms with van der Waals surface area (Å²) in [5.74, 6) is 0. The molecule has 0 saturated carbocycles. The van der Waals surface area contributed by atoms with Crippen LogP contribution in [-0.4, -0.2) is 45.7 Å². The highest BCUT2D eigenvalue weighted by molar-refractivity contribution is 6.93. The number of alkyl halides is 3. The molecule has 0 atom stereocenters. The van der Waals surface area contributed by atoms with Crippen LogP contribution in [0.2, 0.25) is 37.8 Å². The lowest BCUT2D eigenvalue weighted by atomic mass is 10.4. The molecular weight excluding hydrogens is 369 g/mol. The van der Waals surface area contributed by atoms with E-state index in [0.717, 1.165) is 37.4 Å². The second kappa shape index (κ2) is 10.5. The molecule has 3 nitrogen and oxygen atoms in total. The summed E-state index contributed by atoms with van der Waals surface area (Å²) in [5, 5.41) is 0. The molecule has 0 radical (unpaired) electrons. The Morgan fingerprint density at radius 2 is 0.750 bits per heavy atom. The van der Waals surface area contributed by atoms with Gasteiger partial charge in [0.2, 0.25) is 0 Å². The molecule has 24 heavy (non-hydrogen) atoms. The van der Waals surface area contributed by atoms with E-state index in [4.69, 9.17) is 12.3 Å². The largest absolute Gasteiger partial charge is 0.416 e. The Labute approximate surface area is 148 Å². The van der Waals surface area contributed by atoms with Gasteiger partial charge in [0.1, 0.15) is 0 Å². The van der Waals surface area contributed by atoms with Gasteiger partial charge in [0.25, 0.3) is 0 Å². The van der Waals surface area contributed by atoms with Crippen molar-refractivity contribution in [3.8, 4) is 0 Å². The van der Waals surface area contributed by atoms with Gasteiger partial charge in [-0.15, -0.1) is 0 Å². The average molecular weight is 403 g/mol. The minimum absolute atomic E-state index is 0.322. The fraction of sp³-hybridized carbons (Fsp3) is 1.00. The summed E-state index contributed by atoms with van der Waals surface area (Å²) < 4.78 is 56.5. The summed E-state index contributed by atoms with van der Waals surface area (Å²) in [5.41, 5.74) is 0. The Morgan fingerprint density at radius 1 is 0.500 bits per heavy atom. The summed E-state index contributed by atoms with van der Waals surface area (Å²) in [6.07, 6.45) is 3.83. The van der Waals surface area contributed by atoms with E-state index in [1.165, 1.54) is 0 Å². The molecule has 1 heterocycles. The minimum atomic E-state index is -2.42. The van der Waals surface area contributed by atoms with Crippen LogP contribution >= 0.6 is 0 Å². The second-order valence-corrected chi connectivity index (χ2v) is 17.9. The van der Waals surface area contributed by atoms with E-state index in [1.54, 1.807) is 0 Å². The molecule has 1 aliphatic rings. The molecule has 1 rings (SSSR count). The van der Waals surface area contributed by atoms with Gasteiger partial charge in [0.05, 0.1) is 20.0 Å². The maximum atomic E-state index is 12.4. The Morgan fingerprint density at radius 3 is 0.958 bits per heavy atom. The second-order valence-electron chi connectivity index (χ2n) is 7.15. The molecule has 0 spiro atoms. The summed E-state index contributed by atoms with van der Waals surface area (Å²) in [4.78, 5) is 0. The third-order valence-electron chi connectivity index (χ3n) is 4.34. The van der Waals surface area contributed by atoms with Crippen molar-refractivity contribution < 1.29 is 25.5 Å². The normalized spacial score (nSPS) is 33.8. The van der Waals surface area contributed by atoms with Crippen molar-refractivity contribution >= 4 is 25.7 Å². The van der Waals surface area contributed by atoms with Crippen LogP contribution in [0.15, 0.2) is 0 Å². The van der Waals surface area contributed by atoms with E-state index in [-0.39, 0.29) is 20.0 Å². The molecule has 0 amide bonds. The fourth-order valence-corrected chi connectivity index (χ4v) is 21.1. The van der Waals surface area contributed by atoms with E-state index < -0.39 is 25.7 Å². The first kappa shape index (κ1) is 22.4. The van der Waals surface area contributed by atoms with Crippen molar-refractivity contribution in [2.24, 2.45) is 0 Å². The van der Waals surface area contributed by atoms with E-state index in [0.29, 0.717) is 19.3 Å². The third-order valence-corrected chi connectivity index (χ3v) is 18.5. The molecule has 0 aromatic heterocycles. The molecule has 0 aliphatic carbocycles. The molecule has 0 aromatic rings. The lowest BCUT2D eigenvalue weighted by Gasteiger charge is -2.50. The molecular formula is C15H33F3O3Si3. The SMILES string of the molecule is C[Si]1(CCCCF)O[Si](C)(CCCCF)O[Si](C)(CCCCF)O1. The van der Waals surface area contributed by atoms with E-state index >= 15 is 0 Å². The minimum Gasteiger partial charge on any atom is -0.416 e. The zero-order chi connectivity index (χ0) is 18.1. The van der Waals surface area contributed by atoms with Crippen LogP contribution in [0.4, 0.5) is 13.2 Å². The first-order valence-electron chi connectivity index (χ1n) is 9.09. The summed E-state index contributed by atoms with van der Waals surface area (Å²) in [7, 11) is -7.26. The number of halogens is 3. The quantitative estimate of drug-likeness (QED) is 0.318. The highest BCUT2D eigenvalue weighted by atomic mass is 28.5. The third kappa shape index (κ3) is 7.69. The van der Waals surface area contributed by atoms with Crippen LogP contribution in [0.1, 0.15) is 38.5 Å². The molecule has 0 bridgehead atoms. The molecule has 9 heteroatoms. The van der Waals surface area contributed by atoms with Crippen molar-refractivity contribution in [1.29, 1.82) is 0 Å². The predicted molar refractivity (Wildman–Crippen MR) is 98.2 cm³/mol. The van der Waals surface area contributed by atoms with Gasteiger partial charge in [-0.2, -0.15) is 0 Å². The highest BCUT2D eigenvalue weighted by Crippen LogP contribution is 2.38. The van der Waals surface area contributed by atoms with Gasteiger partial charge in [-0.25, -0.2) is 0 Å². The van der Waals surface area contributed by atoms with Crippen molar-refractivity contribution in [1.82, 2.24) is 0 Å². The molecule has 1 saturated heterocycles. The van der Waals surface area contributed by atoms with Crippen LogP contribution in [0.25, 0.3) is 0 Å². The van der Waals surface area contributed by atoms with Crippen LogP contribution in [0, 0.1) is 0 Å². The molecule has 0 N–H and O–H groups in total. The van der Waals surface area contributed by atoms with Crippen molar-refractivity contribution in [3.63, 3.8) is 0 Å². The lowest BCUT2D eigenvalue weighted by molar-refractivity contribution is 0.218. The molecule has 1 fully saturated rings. The van der Waals surface area contributed by atoms with Crippen LogP contribution in [-0.2, 0) is 12.3 Å². The van der Waals surface area contributed by atoms with E-state index in [2.05, 4.69) is 19.6 Å². The Hall–Kier alpha value is 0.321. The Bertz CT molecular complexity index is 306. The highest BCUT2D eigenvalue weighted by Gasteiger charge is 2.55. The topological polar surface area (TPSA) is 27.7 Å². The van der Waals surface area contributed by atoms with Gasteiger partial charge >= 0.3 is 25.7 Å². The summed E-state index contributed by atoms with van der Waals surface area (Å²) in [6.45, 7) is 5.18. The zero-order valence-electron chi connectivity index (χ0n) is 15.3. The standard InChI is InChI=1S/C15H33F3O3Si3/c1-22(13-7-4-10-16)19-23(2,14-8-5-11-17)21-24(3,20-22)15-9-6-12-18/h4-15H2,1-3H3. The zero-order valence-corrected chi connectivity index (χ0v) is 18.3. The number of unbranched alkanes of at least 4 members (excludes halogenated alkanes) is 3. The first-order chi connectivity index (χ1) is 11.3. The average Bonchev–Trinajstić information content (AvgIpc) is 2.46. The molecule has 1 aliphatic heterocycles. The maximum absolute atomic E-state index is 12.4. The number of rotatable bonds is 12. The van der Waals surface area contributed by atoms with Gasteiger partial charge in [-0.3, -0.25) is 13.2 Å². The molecule has 0 unspecified atom stereocenters. The first-order valence-corrected chi connectivity index (χ1v) is 16.7. The smallest absolute Gasteiger partial charge is 0.317 e. The van der Waals surface area contributed by atoms with E-state index in [1.807, 2.05) is 0 Å². The van der Waals surface area contributed by atoms with Crippen molar-refractivity contribution in [2.75, 3.05) is 20.0 Å². The Balaban J connectivity index is 2.80. The van der Waals surface area contributed by atoms with Gasteiger partial charge in [0.15, 0.2) is 0 Å². The number of hydrogen-bond donors (Lipinski definition) is 0. The summed E-state index contributed by atoms with van der Waals surface area (Å²) in [6, 6.07) is 2.28. The van der Waals surface area contributed by atoms with Gasteiger partial charge in [-0.05, 0) is 76.3 Å². The van der Waals surface area contributed by atoms with Gasteiger partial charge in [-0.1, -0.05) is 0 Å². The predicted octanol–water partition coefficient (Wildman–Crippen LogP) is 5.51. The Kier molecular flexibility index (Phi) is 9.75. The number of hydrogen-bond acceptors (Lipinski definition) is 3. The molecule has 144 valence electrons. The van der Waals surface area contributed by atoms with Crippen LogP contribution < -0.4 is 0 Å². The van der Waals surface area contributed by atoms with Crippen LogP contribution in [0.5, 0.6) is 0 Å². The maximum Gasteiger partial charge on any atom is 0.317 e.